The molecule has 1 saturated heterocycles. The largest absolute Gasteiger partial charge is 0.339 e. The number of amides is 1. The van der Waals surface area contributed by atoms with Crippen molar-refractivity contribution in [1.29, 1.82) is 5.26 Å². The maximum atomic E-state index is 12.2. The zero-order chi connectivity index (χ0) is 10.9. The van der Waals surface area contributed by atoms with E-state index in [1.165, 1.54) is 0 Å². The zero-order valence-corrected chi connectivity index (χ0v) is 9.85. The highest BCUT2D eigenvalue weighted by atomic mass is 32.2. The van der Waals surface area contributed by atoms with E-state index in [9.17, 15) is 4.79 Å². The van der Waals surface area contributed by atoms with E-state index in [1.54, 1.807) is 0 Å². The van der Waals surface area contributed by atoms with Crippen molar-refractivity contribution in [3.8, 4) is 6.07 Å². The topological polar surface area (TPSA) is 44.1 Å². The van der Waals surface area contributed by atoms with Crippen molar-refractivity contribution >= 4 is 17.7 Å². The molecule has 82 valence electrons. The number of thioether (sulfide) groups is 1. The second-order valence-corrected chi connectivity index (χ2v) is 6.03. The second-order valence-electron chi connectivity index (χ2n) is 4.48. The Hall–Kier alpha value is -0.690. The summed E-state index contributed by atoms with van der Waals surface area (Å²) >= 11 is 1.91. The second kappa shape index (κ2) is 4.05. The monoisotopic (exact) mass is 224 g/mol. The summed E-state index contributed by atoms with van der Waals surface area (Å²) in [4.78, 5) is 14.1. The lowest BCUT2D eigenvalue weighted by atomic mass is 9.69. The normalized spacial score (nSPS) is 29.1. The van der Waals surface area contributed by atoms with Crippen LogP contribution in [-0.2, 0) is 4.79 Å². The number of rotatable bonds is 1. The molecule has 0 aromatic carbocycles. The van der Waals surface area contributed by atoms with Crippen LogP contribution in [0.25, 0.3) is 0 Å². The fraction of sp³-hybridized carbons (Fsp3) is 0.818. The Morgan fingerprint density at radius 1 is 1.60 bits per heavy atom. The van der Waals surface area contributed by atoms with E-state index >= 15 is 0 Å². The number of carbonyl (C=O) groups excluding carboxylic acids is 1. The standard InChI is InChI=1S/C11H16N2OS/c1-9-7-13(5-6-15-9)10(14)11(8-12)3-2-4-11/h9H,2-7H2,1H3. The first kappa shape index (κ1) is 10.8. The molecule has 1 aliphatic carbocycles. The van der Waals surface area contributed by atoms with E-state index in [0.717, 1.165) is 38.1 Å². The van der Waals surface area contributed by atoms with Crippen molar-refractivity contribution in [3.05, 3.63) is 0 Å². The molecule has 1 aliphatic heterocycles. The van der Waals surface area contributed by atoms with E-state index in [-0.39, 0.29) is 5.91 Å². The molecule has 0 aromatic rings. The van der Waals surface area contributed by atoms with Crippen LogP contribution in [0.15, 0.2) is 0 Å². The van der Waals surface area contributed by atoms with Crippen LogP contribution >= 0.6 is 11.8 Å². The van der Waals surface area contributed by atoms with Gasteiger partial charge in [0.25, 0.3) is 0 Å². The molecule has 2 aliphatic rings. The number of nitriles is 1. The van der Waals surface area contributed by atoms with Gasteiger partial charge in [-0.2, -0.15) is 17.0 Å². The van der Waals surface area contributed by atoms with E-state index < -0.39 is 5.41 Å². The lowest BCUT2D eigenvalue weighted by Gasteiger charge is -2.40. The van der Waals surface area contributed by atoms with Crippen LogP contribution < -0.4 is 0 Å². The Morgan fingerprint density at radius 2 is 2.33 bits per heavy atom. The SMILES string of the molecule is CC1CN(C(=O)C2(C#N)CCC2)CCS1. The average molecular weight is 224 g/mol. The van der Waals surface area contributed by atoms with Gasteiger partial charge >= 0.3 is 0 Å². The van der Waals surface area contributed by atoms with Gasteiger partial charge in [0.15, 0.2) is 0 Å². The van der Waals surface area contributed by atoms with Gasteiger partial charge in [0.1, 0.15) is 5.41 Å². The summed E-state index contributed by atoms with van der Waals surface area (Å²) in [6.07, 6.45) is 2.55. The number of hydrogen-bond acceptors (Lipinski definition) is 3. The van der Waals surface area contributed by atoms with Gasteiger partial charge in [-0.1, -0.05) is 6.92 Å². The minimum Gasteiger partial charge on any atom is -0.339 e. The molecule has 2 fully saturated rings. The number of hydrogen-bond donors (Lipinski definition) is 0. The third-order valence-corrected chi connectivity index (χ3v) is 4.50. The zero-order valence-electron chi connectivity index (χ0n) is 9.03. The Balaban J connectivity index is 2.04. The maximum absolute atomic E-state index is 12.2. The summed E-state index contributed by atoms with van der Waals surface area (Å²) in [5.41, 5.74) is -0.651. The number of carbonyl (C=O) groups is 1. The Kier molecular flexibility index (Phi) is 2.92. The van der Waals surface area contributed by atoms with E-state index in [1.807, 2.05) is 16.7 Å². The van der Waals surface area contributed by atoms with E-state index in [4.69, 9.17) is 5.26 Å². The summed E-state index contributed by atoms with van der Waals surface area (Å²) in [6, 6.07) is 2.23. The highest BCUT2D eigenvalue weighted by Crippen LogP contribution is 2.42. The van der Waals surface area contributed by atoms with Crippen LogP contribution in [0.4, 0.5) is 0 Å². The Labute approximate surface area is 94.8 Å². The van der Waals surface area contributed by atoms with Gasteiger partial charge < -0.3 is 4.90 Å². The third kappa shape index (κ3) is 1.85. The predicted molar refractivity (Wildman–Crippen MR) is 60.4 cm³/mol. The molecule has 15 heavy (non-hydrogen) atoms. The summed E-state index contributed by atoms with van der Waals surface area (Å²) in [5, 5.41) is 9.61. The van der Waals surface area contributed by atoms with Crippen LogP contribution in [0.3, 0.4) is 0 Å². The molecule has 0 bridgehead atoms. The van der Waals surface area contributed by atoms with Crippen molar-refractivity contribution in [2.24, 2.45) is 5.41 Å². The molecule has 0 radical (unpaired) electrons. The molecule has 2 rings (SSSR count). The summed E-state index contributed by atoms with van der Waals surface area (Å²) in [5.74, 6) is 1.09. The molecule has 1 amide bonds. The molecule has 0 N–H and O–H groups in total. The lowest BCUT2D eigenvalue weighted by Crippen LogP contribution is -2.51. The summed E-state index contributed by atoms with van der Waals surface area (Å²) in [6.45, 7) is 3.77. The van der Waals surface area contributed by atoms with Gasteiger partial charge in [0, 0.05) is 24.1 Å². The molecule has 1 heterocycles. The molecule has 3 nitrogen and oxygen atoms in total. The lowest BCUT2D eigenvalue weighted by molar-refractivity contribution is -0.142. The van der Waals surface area contributed by atoms with Gasteiger partial charge in [-0.25, -0.2) is 0 Å². The molecule has 4 heteroatoms. The molecule has 0 spiro atoms. The van der Waals surface area contributed by atoms with Crippen molar-refractivity contribution in [2.75, 3.05) is 18.8 Å². The number of nitrogens with zero attached hydrogens (tertiary/aromatic N) is 2. The van der Waals surface area contributed by atoms with Crippen molar-refractivity contribution in [2.45, 2.75) is 31.4 Å². The van der Waals surface area contributed by atoms with Gasteiger partial charge in [0.05, 0.1) is 6.07 Å². The predicted octanol–water partition coefficient (Wildman–Crippen LogP) is 1.64. The van der Waals surface area contributed by atoms with E-state index in [0.29, 0.717) is 5.25 Å². The van der Waals surface area contributed by atoms with Crippen molar-refractivity contribution in [1.82, 2.24) is 4.90 Å². The molecular formula is C11H16N2OS. The summed E-state index contributed by atoms with van der Waals surface area (Å²) < 4.78 is 0. The Bertz CT molecular complexity index is 306. The smallest absolute Gasteiger partial charge is 0.243 e. The first-order chi connectivity index (χ1) is 7.18. The molecular weight excluding hydrogens is 208 g/mol. The van der Waals surface area contributed by atoms with Crippen molar-refractivity contribution in [3.63, 3.8) is 0 Å². The fourth-order valence-corrected chi connectivity index (χ4v) is 3.22. The minimum atomic E-state index is -0.651. The Morgan fingerprint density at radius 3 is 2.80 bits per heavy atom. The molecule has 1 unspecified atom stereocenters. The van der Waals surface area contributed by atoms with Gasteiger partial charge in [-0.15, -0.1) is 0 Å². The van der Waals surface area contributed by atoms with Gasteiger partial charge in [0.2, 0.25) is 5.91 Å². The quantitative estimate of drug-likeness (QED) is 0.680. The average Bonchev–Trinajstić information content (AvgIpc) is 2.17. The van der Waals surface area contributed by atoms with Gasteiger partial charge in [-0.3, -0.25) is 4.79 Å². The van der Waals surface area contributed by atoms with Crippen LogP contribution in [0.5, 0.6) is 0 Å². The summed E-state index contributed by atoms with van der Waals surface area (Å²) in [7, 11) is 0. The molecule has 0 aromatic heterocycles. The van der Waals surface area contributed by atoms with Crippen LogP contribution in [-0.4, -0.2) is 34.9 Å². The molecule has 1 saturated carbocycles. The van der Waals surface area contributed by atoms with Gasteiger partial charge in [-0.05, 0) is 19.3 Å². The van der Waals surface area contributed by atoms with Crippen molar-refractivity contribution < 1.29 is 4.79 Å². The molecule has 1 atom stereocenters. The van der Waals surface area contributed by atoms with Crippen LogP contribution in [0.2, 0.25) is 0 Å². The first-order valence-electron chi connectivity index (χ1n) is 5.50. The van der Waals surface area contributed by atoms with E-state index in [2.05, 4.69) is 13.0 Å². The third-order valence-electron chi connectivity index (χ3n) is 3.36. The highest BCUT2D eigenvalue weighted by Gasteiger charge is 2.47. The minimum absolute atomic E-state index is 0.0865. The van der Waals surface area contributed by atoms with Crippen LogP contribution in [0.1, 0.15) is 26.2 Å². The fourth-order valence-electron chi connectivity index (χ4n) is 2.21. The first-order valence-corrected chi connectivity index (χ1v) is 6.55. The maximum Gasteiger partial charge on any atom is 0.243 e. The highest BCUT2D eigenvalue weighted by molar-refractivity contribution is 7.99. The van der Waals surface area contributed by atoms with Crippen LogP contribution in [0, 0.1) is 16.7 Å².